The van der Waals surface area contributed by atoms with Gasteiger partial charge in [0.25, 0.3) is 5.56 Å². The third-order valence-corrected chi connectivity index (χ3v) is 12.0. The van der Waals surface area contributed by atoms with E-state index in [1.165, 1.54) is 10.8 Å². The largest absolute Gasteiger partial charge is 0.363 e. The molecule has 0 saturated carbocycles. The van der Waals surface area contributed by atoms with Crippen molar-refractivity contribution in [2.45, 2.75) is 24.8 Å². The number of piperazine rings is 1. The van der Waals surface area contributed by atoms with E-state index in [0.29, 0.717) is 44.2 Å². The Kier molecular flexibility index (Phi) is 10.3. The van der Waals surface area contributed by atoms with Crippen molar-refractivity contribution < 1.29 is 13.8 Å². The van der Waals surface area contributed by atoms with Gasteiger partial charge >= 0.3 is 12.6 Å². The van der Waals surface area contributed by atoms with Crippen molar-refractivity contribution in [3.63, 3.8) is 0 Å². The van der Waals surface area contributed by atoms with Crippen molar-refractivity contribution in [3.8, 4) is 0 Å². The predicted molar refractivity (Wildman–Crippen MR) is 196 cm³/mol. The Morgan fingerprint density at radius 3 is 1.94 bits per heavy atom. The molecule has 2 fully saturated rings. The standard InChI is InChI=1S/C37H39ClN7O5P/c1-28-24-45(36(47)41-34(28)46)33-26-43(37(29-12-5-2-6-13-29,30-14-7-3-8-15-30)31-16-9-4-10-17-31)25-32(50-33)27-49-51(38,48)44-22-20-42(21-23-44)35-39-18-11-19-40-35/h2-19,24,32-33H,20-23,25-27H2,1H3,(H,41,46,47). The fourth-order valence-corrected chi connectivity index (χ4v) is 8.86. The summed E-state index contributed by atoms with van der Waals surface area (Å²) < 4.78 is 29.7. The van der Waals surface area contributed by atoms with Crippen molar-refractivity contribution in [2.75, 3.05) is 50.8 Å². The van der Waals surface area contributed by atoms with Gasteiger partial charge in [0.05, 0.1) is 18.2 Å². The van der Waals surface area contributed by atoms with Gasteiger partial charge in [-0.2, -0.15) is 0 Å². The van der Waals surface area contributed by atoms with E-state index < -0.39 is 36.0 Å². The quantitative estimate of drug-likeness (QED) is 0.155. The summed E-state index contributed by atoms with van der Waals surface area (Å²) in [7, 11) is 0. The van der Waals surface area contributed by atoms with Crippen LogP contribution in [0.5, 0.6) is 0 Å². The molecule has 3 atom stereocenters. The van der Waals surface area contributed by atoms with E-state index in [4.69, 9.17) is 20.5 Å². The molecule has 0 aliphatic carbocycles. The Morgan fingerprint density at radius 1 is 0.843 bits per heavy atom. The van der Waals surface area contributed by atoms with Gasteiger partial charge in [0.15, 0.2) is 6.23 Å². The molecule has 2 aliphatic rings. The molecule has 2 aromatic heterocycles. The number of rotatable bonds is 10. The number of benzene rings is 3. The maximum atomic E-state index is 13.9. The number of ether oxygens (including phenoxy) is 1. The Bertz CT molecular complexity index is 1980. The molecule has 14 heteroatoms. The van der Waals surface area contributed by atoms with Crippen LogP contribution in [0.3, 0.4) is 0 Å². The minimum Gasteiger partial charge on any atom is -0.350 e. The Balaban J connectivity index is 1.24. The SMILES string of the molecule is Cc1cn(C2CN(C(c3ccccc3)(c3ccccc3)c3ccccc3)CC(COP(=O)(Cl)N3CCN(c4ncccn4)CC3)O2)c(=O)[nH]c1=O. The molecule has 4 heterocycles. The predicted octanol–water partition coefficient (Wildman–Crippen LogP) is 5.01. The first kappa shape index (κ1) is 35.0. The number of nitrogens with zero attached hydrogens (tertiary/aromatic N) is 6. The van der Waals surface area contributed by atoms with Crippen LogP contribution in [0, 0.1) is 6.92 Å². The van der Waals surface area contributed by atoms with Crippen LogP contribution < -0.4 is 16.1 Å². The fourth-order valence-electron chi connectivity index (χ4n) is 7.07. The number of halogens is 1. The van der Waals surface area contributed by atoms with Gasteiger partial charge in [-0.15, -0.1) is 0 Å². The number of hydrogen-bond acceptors (Lipinski definition) is 9. The highest BCUT2D eigenvalue weighted by Crippen LogP contribution is 2.56. The van der Waals surface area contributed by atoms with E-state index in [0.717, 1.165) is 16.7 Å². The lowest BCUT2D eigenvalue weighted by Gasteiger charge is -2.50. The number of morpholine rings is 1. The highest BCUT2D eigenvalue weighted by Gasteiger charge is 2.47. The van der Waals surface area contributed by atoms with Crippen LogP contribution in [0.1, 0.15) is 28.5 Å². The topological polar surface area (TPSA) is 126 Å². The first-order chi connectivity index (χ1) is 24.8. The highest BCUT2D eigenvalue weighted by atomic mass is 35.7. The molecule has 264 valence electrons. The molecule has 3 aromatic carbocycles. The first-order valence-electron chi connectivity index (χ1n) is 16.9. The molecule has 0 spiro atoms. The van der Waals surface area contributed by atoms with Crippen molar-refractivity contribution in [1.82, 2.24) is 29.1 Å². The van der Waals surface area contributed by atoms with Crippen LogP contribution in [0.2, 0.25) is 0 Å². The van der Waals surface area contributed by atoms with Gasteiger partial charge in [0.2, 0.25) is 5.95 Å². The van der Waals surface area contributed by atoms with E-state index >= 15 is 0 Å². The van der Waals surface area contributed by atoms with E-state index in [-0.39, 0.29) is 13.2 Å². The molecular formula is C37H39ClN7O5P. The van der Waals surface area contributed by atoms with Gasteiger partial charge < -0.3 is 14.2 Å². The number of aryl methyl sites for hydroxylation is 1. The lowest BCUT2D eigenvalue weighted by molar-refractivity contribution is -0.148. The third-order valence-electron chi connectivity index (χ3n) is 9.50. The maximum Gasteiger partial charge on any atom is 0.363 e. The number of H-pyrrole nitrogens is 1. The lowest BCUT2D eigenvalue weighted by atomic mass is 9.75. The monoisotopic (exact) mass is 727 g/mol. The molecule has 0 radical (unpaired) electrons. The zero-order valence-corrected chi connectivity index (χ0v) is 29.8. The average molecular weight is 728 g/mol. The van der Waals surface area contributed by atoms with Crippen molar-refractivity contribution in [3.05, 3.63) is 159 Å². The number of aromatic nitrogens is 4. The van der Waals surface area contributed by atoms with E-state index in [2.05, 4.69) is 56.3 Å². The van der Waals surface area contributed by atoms with Crippen LogP contribution in [0.4, 0.5) is 5.95 Å². The molecule has 2 aliphatic heterocycles. The van der Waals surface area contributed by atoms with Crippen molar-refractivity contribution in [2.24, 2.45) is 0 Å². The Hall–Kier alpha value is -4.42. The molecule has 3 unspecified atom stereocenters. The summed E-state index contributed by atoms with van der Waals surface area (Å²) >= 11 is 6.70. The third kappa shape index (κ3) is 7.21. The second-order valence-corrected chi connectivity index (χ2v) is 15.6. The summed E-state index contributed by atoms with van der Waals surface area (Å²) in [6, 6.07) is 32.4. The molecule has 51 heavy (non-hydrogen) atoms. The van der Waals surface area contributed by atoms with E-state index in [1.807, 2.05) is 59.5 Å². The zero-order chi connectivity index (χ0) is 35.4. The second kappa shape index (κ2) is 15.1. The summed E-state index contributed by atoms with van der Waals surface area (Å²) in [5.74, 6) is 0.607. The summed E-state index contributed by atoms with van der Waals surface area (Å²) in [6.07, 6.45) is 3.38. The normalized spacial score (nSPS) is 20.2. The maximum absolute atomic E-state index is 13.9. The van der Waals surface area contributed by atoms with Crippen LogP contribution in [0.15, 0.2) is 125 Å². The summed E-state index contributed by atoms with van der Waals surface area (Å²) in [6.45, 7) is 0.204. The molecule has 7 rings (SSSR count). The molecular weight excluding hydrogens is 689 g/mol. The molecule has 0 amide bonds. The lowest BCUT2D eigenvalue weighted by Crippen LogP contribution is -2.58. The van der Waals surface area contributed by atoms with E-state index in [9.17, 15) is 14.2 Å². The number of anilines is 1. The summed E-state index contributed by atoms with van der Waals surface area (Å²) in [5.41, 5.74) is 1.51. The molecule has 1 N–H and O–H groups in total. The van der Waals surface area contributed by atoms with Gasteiger partial charge in [-0.1, -0.05) is 91.0 Å². The average Bonchev–Trinajstić information content (AvgIpc) is 3.17. The molecule has 2 saturated heterocycles. The minimum atomic E-state index is -3.78. The van der Waals surface area contributed by atoms with Gasteiger partial charge in [-0.25, -0.2) is 19.4 Å². The van der Waals surface area contributed by atoms with Crippen LogP contribution in [0.25, 0.3) is 0 Å². The Labute approximate surface area is 300 Å². The Morgan fingerprint density at radius 2 is 1.39 bits per heavy atom. The van der Waals surface area contributed by atoms with E-state index in [1.54, 1.807) is 30.1 Å². The van der Waals surface area contributed by atoms with Crippen molar-refractivity contribution in [1.29, 1.82) is 0 Å². The second-order valence-electron chi connectivity index (χ2n) is 12.6. The highest BCUT2D eigenvalue weighted by molar-refractivity contribution is 7.83. The molecule has 0 bridgehead atoms. The number of hydrogen-bond donors (Lipinski definition) is 1. The van der Waals surface area contributed by atoms with Gasteiger partial charge in [-0.3, -0.25) is 23.8 Å². The first-order valence-corrected chi connectivity index (χ1v) is 19.3. The minimum absolute atomic E-state index is 0.110. The fraction of sp³-hybridized carbons (Fsp3) is 0.297. The van der Waals surface area contributed by atoms with Crippen molar-refractivity contribution >= 4 is 24.1 Å². The van der Waals surface area contributed by atoms with Gasteiger partial charge in [0, 0.05) is 63.4 Å². The molecule has 12 nitrogen and oxygen atoms in total. The van der Waals surface area contributed by atoms with Crippen LogP contribution in [-0.4, -0.2) is 81.1 Å². The smallest absolute Gasteiger partial charge is 0.350 e. The van der Waals surface area contributed by atoms with Crippen LogP contribution in [-0.2, 0) is 19.4 Å². The zero-order valence-electron chi connectivity index (χ0n) is 28.1. The number of nitrogens with one attached hydrogen (secondary N) is 1. The van der Waals surface area contributed by atoms with Gasteiger partial charge in [-0.05, 0) is 40.9 Å². The van der Waals surface area contributed by atoms with Crippen LogP contribution >= 0.6 is 18.1 Å². The summed E-state index contributed by atoms with van der Waals surface area (Å²) in [4.78, 5) is 41.1. The summed E-state index contributed by atoms with van der Waals surface area (Å²) in [5, 5.41) is 0. The molecule has 5 aromatic rings. The number of aromatic amines is 1. The van der Waals surface area contributed by atoms with Gasteiger partial charge in [0.1, 0.15) is 0 Å².